The zero-order valence-corrected chi connectivity index (χ0v) is 14.8. The zero-order chi connectivity index (χ0) is 18.7. The summed E-state index contributed by atoms with van der Waals surface area (Å²) in [7, 11) is 0. The van der Waals surface area contributed by atoms with Crippen LogP contribution in [0.15, 0.2) is 52.1 Å². The Kier molecular flexibility index (Phi) is 5.32. The van der Waals surface area contributed by atoms with Crippen LogP contribution in [0.5, 0.6) is 0 Å². The molecule has 1 aromatic heterocycles. The predicted octanol–water partition coefficient (Wildman–Crippen LogP) is 4.44. The normalized spacial score (nSPS) is 12.0. The van der Waals surface area contributed by atoms with Gasteiger partial charge >= 0.3 is 0 Å². The third-order valence-electron chi connectivity index (χ3n) is 3.50. The summed E-state index contributed by atoms with van der Waals surface area (Å²) in [5, 5.41) is 9.80. The first kappa shape index (κ1) is 18.1. The van der Waals surface area contributed by atoms with E-state index in [0.29, 0.717) is 5.89 Å². The molecular formula is C18H15F2N3O2S. The molecule has 1 heterocycles. The third kappa shape index (κ3) is 4.26. The monoisotopic (exact) mass is 375 g/mol. The summed E-state index contributed by atoms with van der Waals surface area (Å²) in [6.07, 6.45) is 0. The van der Waals surface area contributed by atoms with Crippen molar-refractivity contribution in [3.8, 4) is 11.5 Å². The van der Waals surface area contributed by atoms with Crippen molar-refractivity contribution >= 4 is 23.4 Å². The van der Waals surface area contributed by atoms with Gasteiger partial charge in [0.05, 0.1) is 10.9 Å². The number of amides is 1. The van der Waals surface area contributed by atoms with Gasteiger partial charge in [0, 0.05) is 11.6 Å². The van der Waals surface area contributed by atoms with Gasteiger partial charge in [-0.3, -0.25) is 4.79 Å². The molecule has 26 heavy (non-hydrogen) atoms. The number of halogens is 2. The number of carbonyl (C=O) groups excluding carboxylic acids is 1. The molecule has 0 spiro atoms. The van der Waals surface area contributed by atoms with Crippen molar-refractivity contribution in [3.63, 3.8) is 0 Å². The molecule has 8 heteroatoms. The number of anilines is 1. The number of aromatic nitrogens is 2. The van der Waals surface area contributed by atoms with E-state index in [9.17, 15) is 13.6 Å². The smallest absolute Gasteiger partial charge is 0.277 e. The van der Waals surface area contributed by atoms with E-state index in [1.165, 1.54) is 0 Å². The summed E-state index contributed by atoms with van der Waals surface area (Å²) >= 11 is 1.03. The van der Waals surface area contributed by atoms with Gasteiger partial charge in [0.15, 0.2) is 0 Å². The molecule has 2 aromatic carbocycles. The Morgan fingerprint density at radius 3 is 2.77 bits per heavy atom. The molecule has 3 rings (SSSR count). The van der Waals surface area contributed by atoms with Crippen molar-refractivity contribution in [1.82, 2.24) is 10.2 Å². The van der Waals surface area contributed by atoms with Gasteiger partial charge in [0.2, 0.25) is 11.8 Å². The van der Waals surface area contributed by atoms with Crippen LogP contribution < -0.4 is 5.32 Å². The molecular weight excluding hydrogens is 360 g/mol. The van der Waals surface area contributed by atoms with Gasteiger partial charge in [0.25, 0.3) is 5.22 Å². The standard InChI is InChI=1S/C18H15F2N3O2S/c1-10-4-3-5-12(8-10)17-22-23-18(25-17)26-11(2)16(24)21-15-9-13(19)6-7-14(15)20/h3-9,11H,1-2H3,(H,21,24)/t11-/m1/s1. The maximum absolute atomic E-state index is 13.6. The highest BCUT2D eigenvalue weighted by atomic mass is 32.2. The Labute approximate surface area is 152 Å². The van der Waals surface area contributed by atoms with Gasteiger partial charge in [-0.25, -0.2) is 8.78 Å². The Morgan fingerprint density at radius 1 is 1.19 bits per heavy atom. The fraction of sp³-hybridized carbons (Fsp3) is 0.167. The van der Waals surface area contributed by atoms with Gasteiger partial charge < -0.3 is 9.73 Å². The summed E-state index contributed by atoms with van der Waals surface area (Å²) in [5.74, 6) is -1.51. The summed E-state index contributed by atoms with van der Waals surface area (Å²) in [6, 6.07) is 10.4. The van der Waals surface area contributed by atoms with Gasteiger partial charge in [-0.05, 0) is 38.1 Å². The van der Waals surface area contributed by atoms with E-state index in [0.717, 1.165) is 41.1 Å². The first-order chi connectivity index (χ1) is 12.4. The second kappa shape index (κ2) is 7.65. The van der Waals surface area contributed by atoms with E-state index in [2.05, 4.69) is 15.5 Å². The highest BCUT2D eigenvalue weighted by molar-refractivity contribution is 8.00. The number of benzene rings is 2. The molecule has 0 unspecified atom stereocenters. The molecule has 0 saturated heterocycles. The highest BCUT2D eigenvalue weighted by Crippen LogP contribution is 2.27. The Morgan fingerprint density at radius 2 is 2.00 bits per heavy atom. The van der Waals surface area contributed by atoms with Crippen LogP contribution in [0.1, 0.15) is 12.5 Å². The van der Waals surface area contributed by atoms with Gasteiger partial charge in [0.1, 0.15) is 11.6 Å². The molecule has 3 aromatic rings. The molecule has 1 atom stereocenters. The SMILES string of the molecule is Cc1cccc(-c2nnc(S[C@H](C)C(=O)Nc3cc(F)ccc3F)o2)c1. The van der Waals surface area contributed by atoms with Crippen LogP contribution in [-0.4, -0.2) is 21.4 Å². The van der Waals surface area contributed by atoms with Crippen molar-refractivity contribution in [2.45, 2.75) is 24.3 Å². The van der Waals surface area contributed by atoms with E-state index >= 15 is 0 Å². The Bertz CT molecular complexity index is 946. The van der Waals surface area contributed by atoms with Crippen molar-refractivity contribution < 1.29 is 18.0 Å². The molecule has 134 valence electrons. The zero-order valence-electron chi connectivity index (χ0n) is 14.0. The minimum atomic E-state index is -0.712. The first-order valence-corrected chi connectivity index (χ1v) is 8.63. The lowest BCUT2D eigenvalue weighted by atomic mass is 10.1. The van der Waals surface area contributed by atoms with Gasteiger partial charge in [-0.2, -0.15) is 0 Å². The molecule has 0 saturated carbocycles. The number of nitrogens with zero attached hydrogens (tertiary/aromatic N) is 2. The lowest BCUT2D eigenvalue weighted by Crippen LogP contribution is -2.23. The largest absolute Gasteiger partial charge is 0.411 e. The highest BCUT2D eigenvalue weighted by Gasteiger charge is 2.20. The lowest BCUT2D eigenvalue weighted by Gasteiger charge is -2.10. The topological polar surface area (TPSA) is 68.0 Å². The van der Waals surface area contributed by atoms with Crippen molar-refractivity contribution in [1.29, 1.82) is 0 Å². The number of aryl methyl sites for hydroxylation is 1. The van der Waals surface area contributed by atoms with Crippen molar-refractivity contribution in [2.24, 2.45) is 0 Å². The maximum Gasteiger partial charge on any atom is 0.277 e. The van der Waals surface area contributed by atoms with E-state index < -0.39 is 22.8 Å². The van der Waals surface area contributed by atoms with Crippen LogP contribution in [0.25, 0.3) is 11.5 Å². The van der Waals surface area contributed by atoms with Crippen LogP contribution in [-0.2, 0) is 4.79 Å². The minimum absolute atomic E-state index is 0.212. The number of carbonyl (C=O) groups is 1. The number of hydrogen-bond donors (Lipinski definition) is 1. The Hall–Kier alpha value is -2.74. The molecule has 0 fully saturated rings. The van der Waals surface area contributed by atoms with Crippen LogP contribution >= 0.6 is 11.8 Å². The summed E-state index contributed by atoms with van der Waals surface area (Å²) in [4.78, 5) is 12.2. The summed E-state index contributed by atoms with van der Waals surface area (Å²) in [6.45, 7) is 3.56. The minimum Gasteiger partial charge on any atom is -0.411 e. The fourth-order valence-corrected chi connectivity index (χ4v) is 2.87. The molecule has 0 radical (unpaired) electrons. The molecule has 0 aliphatic carbocycles. The van der Waals surface area contributed by atoms with Crippen LogP contribution in [0.4, 0.5) is 14.5 Å². The van der Waals surface area contributed by atoms with Gasteiger partial charge in [-0.15, -0.1) is 10.2 Å². The quantitative estimate of drug-likeness (QED) is 0.668. The van der Waals surface area contributed by atoms with Gasteiger partial charge in [-0.1, -0.05) is 29.5 Å². The first-order valence-electron chi connectivity index (χ1n) is 7.75. The number of nitrogens with one attached hydrogen (secondary N) is 1. The molecule has 1 amide bonds. The number of hydrogen-bond acceptors (Lipinski definition) is 5. The van der Waals surface area contributed by atoms with E-state index in [1.54, 1.807) is 6.92 Å². The lowest BCUT2D eigenvalue weighted by molar-refractivity contribution is -0.115. The van der Waals surface area contributed by atoms with Crippen LogP contribution in [0.3, 0.4) is 0 Å². The number of thioether (sulfide) groups is 1. The predicted molar refractivity (Wildman–Crippen MR) is 94.8 cm³/mol. The summed E-state index contributed by atoms with van der Waals surface area (Å²) in [5.41, 5.74) is 1.62. The molecule has 0 aliphatic rings. The average molecular weight is 375 g/mol. The molecule has 5 nitrogen and oxygen atoms in total. The Balaban J connectivity index is 1.67. The number of rotatable bonds is 5. The van der Waals surface area contributed by atoms with E-state index in [-0.39, 0.29) is 10.9 Å². The van der Waals surface area contributed by atoms with E-state index in [4.69, 9.17) is 4.42 Å². The second-order valence-electron chi connectivity index (χ2n) is 5.62. The van der Waals surface area contributed by atoms with E-state index in [1.807, 2.05) is 31.2 Å². The van der Waals surface area contributed by atoms with Crippen LogP contribution in [0, 0.1) is 18.6 Å². The average Bonchev–Trinajstić information content (AvgIpc) is 3.06. The molecule has 0 bridgehead atoms. The van der Waals surface area contributed by atoms with Crippen molar-refractivity contribution in [3.05, 3.63) is 59.7 Å². The van der Waals surface area contributed by atoms with Crippen LogP contribution in [0.2, 0.25) is 0 Å². The summed E-state index contributed by atoms with van der Waals surface area (Å²) < 4.78 is 32.4. The molecule has 1 N–H and O–H groups in total. The third-order valence-corrected chi connectivity index (χ3v) is 4.44. The second-order valence-corrected chi connectivity index (χ2v) is 6.91. The van der Waals surface area contributed by atoms with Crippen molar-refractivity contribution in [2.75, 3.05) is 5.32 Å². The molecule has 0 aliphatic heterocycles. The maximum atomic E-state index is 13.6. The fourth-order valence-electron chi connectivity index (χ4n) is 2.18.